The Kier molecular flexibility index (Phi) is 7.05. The molecule has 1 amide bonds. The van der Waals surface area contributed by atoms with Gasteiger partial charge in [-0.2, -0.15) is 5.26 Å². The minimum Gasteiger partial charge on any atom is -0.496 e. The second-order valence-electron chi connectivity index (χ2n) is 7.16. The number of halogens is 1. The van der Waals surface area contributed by atoms with Crippen molar-refractivity contribution in [3.63, 3.8) is 0 Å². The number of benzene rings is 1. The van der Waals surface area contributed by atoms with Crippen molar-refractivity contribution in [2.24, 2.45) is 7.05 Å². The predicted molar refractivity (Wildman–Crippen MR) is 130 cm³/mol. The number of anilines is 1. The molecule has 10 nitrogen and oxygen atoms in total. The van der Waals surface area contributed by atoms with Gasteiger partial charge in [-0.15, -0.1) is 5.10 Å². The molecule has 12 heteroatoms. The largest absolute Gasteiger partial charge is 0.496 e. The number of nitrogens with zero attached hydrogens (tertiary/aromatic N) is 5. The molecule has 0 aliphatic carbocycles. The number of carbonyl (C=O) groups excluding carboxylic acids is 1. The molecule has 0 radical (unpaired) electrons. The van der Waals surface area contributed by atoms with Crippen LogP contribution in [-0.2, 0) is 13.7 Å². The number of carbonyl (C=O) groups is 1. The molecule has 3 heterocycles. The molecule has 0 spiro atoms. The van der Waals surface area contributed by atoms with Crippen LogP contribution in [0.3, 0.4) is 0 Å². The third kappa shape index (κ3) is 5.46. The van der Waals surface area contributed by atoms with Crippen LogP contribution in [0, 0.1) is 11.3 Å². The highest BCUT2D eigenvalue weighted by Crippen LogP contribution is 2.34. The third-order valence-corrected chi connectivity index (χ3v) is 5.84. The molecule has 1 aromatic carbocycles. The topological polar surface area (TPSA) is 132 Å². The summed E-state index contributed by atoms with van der Waals surface area (Å²) in [4.78, 5) is 29.6. The number of methoxy groups -OCH3 is 1. The lowest BCUT2D eigenvalue weighted by Gasteiger charge is -2.14. The van der Waals surface area contributed by atoms with Crippen LogP contribution in [0.15, 0.2) is 53.6 Å². The molecular weight excluding hydrogens is 492 g/mol. The summed E-state index contributed by atoms with van der Waals surface area (Å²) >= 11 is 7.19. The minimum absolute atomic E-state index is 0.113. The van der Waals surface area contributed by atoms with Crippen LogP contribution in [-0.4, -0.2) is 32.8 Å². The van der Waals surface area contributed by atoms with E-state index in [1.807, 2.05) is 6.07 Å². The van der Waals surface area contributed by atoms with Crippen molar-refractivity contribution in [1.29, 1.82) is 5.26 Å². The van der Waals surface area contributed by atoms with E-state index < -0.39 is 5.91 Å². The van der Waals surface area contributed by atoms with Gasteiger partial charge < -0.3 is 14.0 Å². The van der Waals surface area contributed by atoms with E-state index >= 15 is 0 Å². The van der Waals surface area contributed by atoms with Crippen LogP contribution in [0.2, 0.25) is 5.02 Å². The number of aromatic nitrogens is 4. The van der Waals surface area contributed by atoms with E-state index in [1.54, 1.807) is 43.6 Å². The highest BCUT2D eigenvalue weighted by molar-refractivity contribution is 7.17. The molecule has 4 aromatic rings. The van der Waals surface area contributed by atoms with Gasteiger partial charge in [0.15, 0.2) is 0 Å². The van der Waals surface area contributed by atoms with Crippen LogP contribution >= 0.6 is 22.9 Å². The number of ether oxygens (including phenoxy) is 2. The van der Waals surface area contributed by atoms with Gasteiger partial charge in [0.25, 0.3) is 16.7 Å². The monoisotopic (exact) mass is 508 g/mol. The van der Waals surface area contributed by atoms with Gasteiger partial charge in [0.1, 0.15) is 18.4 Å². The van der Waals surface area contributed by atoms with Gasteiger partial charge in [0, 0.05) is 41.7 Å². The van der Waals surface area contributed by atoms with Crippen LogP contribution in [0.5, 0.6) is 10.9 Å². The zero-order valence-corrected chi connectivity index (χ0v) is 20.1. The third-order valence-electron chi connectivity index (χ3n) is 4.85. The summed E-state index contributed by atoms with van der Waals surface area (Å²) in [5.41, 5.74) is 1.81. The number of rotatable bonds is 7. The summed E-state index contributed by atoms with van der Waals surface area (Å²) in [5, 5.41) is 20.2. The van der Waals surface area contributed by atoms with Gasteiger partial charge in [0.05, 0.1) is 23.9 Å². The molecule has 0 aliphatic heterocycles. The van der Waals surface area contributed by atoms with Crippen molar-refractivity contribution < 1.29 is 14.3 Å². The smallest absolute Gasteiger partial charge is 0.296 e. The predicted octanol–water partition coefficient (Wildman–Crippen LogP) is 3.66. The van der Waals surface area contributed by atoms with Crippen LogP contribution < -0.4 is 20.3 Å². The maximum atomic E-state index is 13.1. The van der Waals surface area contributed by atoms with Crippen molar-refractivity contribution >= 4 is 34.0 Å². The van der Waals surface area contributed by atoms with Crippen molar-refractivity contribution in [3.8, 4) is 28.1 Å². The Bertz CT molecular complexity index is 1490. The molecule has 35 heavy (non-hydrogen) atoms. The molecular formula is C23H17ClN6O4S. The number of nitrogens with one attached hydrogen (secondary N) is 1. The Morgan fingerprint density at radius 3 is 2.77 bits per heavy atom. The van der Waals surface area contributed by atoms with Crippen molar-refractivity contribution in [3.05, 3.63) is 81.0 Å². The first kappa shape index (κ1) is 23.9. The number of pyridine rings is 2. The van der Waals surface area contributed by atoms with Crippen molar-refractivity contribution in [2.45, 2.75) is 6.61 Å². The number of hydrogen-bond donors (Lipinski definition) is 1. The molecule has 3 aromatic heterocycles. The Morgan fingerprint density at radius 2 is 2.06 bits per heavy atom. The van der Waals surface area contributed by atoms with E-state index in [2.05, 4.69) is 20.5 Å². The fraction of sp³-hybridized carbons (Fsp3) is 0.130. The van der Waals surface area contributed by atoms with Gasteiger partial charge in [-0.25, -0.2) is 0 Å². The highest BCUT2D eigenvalue weighted by Gasteiger charge is 2.20. The number of aryl methyl sites for hydroxylation is 1. The molecule has 0 saturated heterocycles. The van der Waals surface area contributed by atoms with E-state index in [-0.39, 0.29) is 28.1 Å². The quantitative estimate of drug-likeness (QED) is 0.400. The van der Waals surface area contributed by atoms with Gasteiger partial charge in [-0.05, 0) is 41.7 Å². The molecule has 0 saturated carbocycles. The summed E-state index contributed by atoms with van der Waals surface area (Å²) in [5.74, 6) is -0.0682. The van der Waals surface area contributed by atoms with E-state index in [4.69, 9.17) is 26.3 Å². The molecule has 0 fully saturated rings. The standard InChI is InChI=1S/C23H17ClN6O4S/c1-30-11-18(16-7-14(24)4-6-19(16)33-2)17(8-20(30)31)21(32)27-22-28-29-23(35-22)34-12-15-5-3-13(9-25)10-26-15/h3-8,10-11H,12H2,1-2H3,(H,27,28,32). The van der Waals surface area contributed by atoms with Crippen LogP contribution in [0.25, 0.3) is 11.1 Å². The van der Waals surface area contributed by atoms with E-state index in [0.29, 0.717) is 33.2 Å². The first-order chi connectivity index (χ1) is 16.9. The lowest BCUT2D eigenvalue weighted by molar-refractivity contribution is 0.102. The molecule has 176 valence electrons. The first-order valence-electron chi connectivity index (χ1n) is 10.0. The van der Waals surface area contributed by atoms with Gasteiger partial charge in [0.2, 0.25) is 5.13 Å². The van der Waals surface area contributed by atoms with Gasteiger partial charge >= 0.3 is 0 Å². The fourth-order valence-electron chi connectivity index (χ4n) is 3.12. The first-order valence-corrected chi connectivity index (χ1v) is 11.2. The lowest BCUT2D eigenvalue weighted by atomic mass is 10.0. The molecule has 0 aliphatic rings. The summed E-state index contributed by atoms with van der Waals surface area (Å²) in [6.07, 6.45) is 2.99. The maximum Gasteiger partial charge on any atom is 0.296 e. The molecule has 4 rings (SSSR count). The summed E-state index contributed by atoms with van der Waals surface area (Å²) < 4.78 is 12.4. The SMILES string of the molecule is COc1ccc(Cl)cc1-c1cn(C)c(=O)cc1C(=O)Nc1nnc(OCc2ccc(C#N)cn2)s1. The van der Waals surface area contributed by atoms with E-state index in [9.17, 15) is 9.59 Å². The Balaban J connectivity index is 1.55. The number of hydrogen-bond acceptors (Lipinski definition) is 9. The summed E-state index contributed by atoms with van der Waals surface area (Å²) in [6, 6.07) is 11.5. The van der Waals surface area contributed by atoms with E-state index in [1.165, 1.54) is 23.9 Å². The lowest BCUT2D eigenvalue weighted by Crippen LogP contribution is -2.21. The maximum absolute atomic E-state index is 13.1. The summed E-state index contributed by atoms with van der Waals surface area (Å²) in [6.45, 7) is 0.113. The highest BCUT2D eigenvalue weighted by atomic mass is 35.5. The molecule has 0 bridgehead atoms. The van der Waals surface area contributed by atoms with Crippen molar-refractivity contribution in [2.75, 3.05) is 12.4 Å². The Labute approximate surface area is 208 Å². The zero-order valence-electron chi connectivity index (χ0n) is 18.5. The van der Waals surface area contributed by atoms with Crippen molar-refractivity contribution in [1.82, 2.24) is 19.7 Å². The van der Waals surface area contributed by atoms with E-state index in [0.717, 1.165) is 11.3 Å². The molecule has 0 unspecified atom stereocenters. The molecule has 0 atom stereocenters. The van der Waals surface area contributed by atoms with Crippen LogP contribution in [0.4, 0.5) is 5.13 Å². The second kappa shape index (κ2) is 10.3. The molecule has 1 N–H and O–H groups in total. The Hall–Kier alpha value is -4.27. The fourth-order valence-corrected chi connectivity index (χ4v) is 3.88. The average Bonchev–Trinajstić information content (AvgIpc) is 3.31. The normalized spacial score (nSPS) is 10.5. The minimum atomic E-state index is -0.559. The van der Waals surface area contributed by atoms with Crippen LogP contribution in [0.1, 0.15) is 21.6 Å². The van der Waals surface area contributed by atoms with Gasteiger partial charge in [-0.3, -0.25) is 19.9 Å². The number of amides is 1. The second-order valence-corrected chi connectivity index (χ2v) is 8.54. The Morgan fingerprint density at radius 1 is 1.23 bits per heavy atom. The zero-order chi connectivity index (χ0) is 24.9. The summed E-state index contributed by atoms with van der Waals surface area (Å²) in [7, 11) is 3.09. The van der Waals surface area contributed by atoms with Gasteiger partial charge in [-0.1, -0.05) is 16.7 Å². The average molecular weight is 509 g/mol. The number of nitriles is 1.